The topological polar surface area (TPSA) is 104 Å². The number of unbranched alkanes of at least 4 members (excludes halogenated alkanes) is 1. The van der Waals surface area contributed by atoms with E-state index in [0.717, 1.165) is 32.1 Å². The monoisotopic (exact) mass is 323 g/mol. The Balaban J connectivity index is 1.50. The lowest BCUT2D eigenvalue weighted by molar-refractivity contribution is -0.138. The van der Waals surface area contributed by atoms with E-state index in [1.807, 2.05) is 0 Å². The molecular formula is C17H27N2O4+. The summed E-state index contributed by atoms with van der Waals surface area (Å²) in [5.74, 6) is 7.48. The second kappa shape index (κ2) is 8.78. The number of carbonyl (C=O) groups excluding carboxylic acids is 2. The second-order valence-electron chi connectivity index (χ2n) is 6.41. The van der Waals surface area contributed by atoms with Crippen molar-refractivity contribution in [2.45, 2.75) is 51.0 Å². The number of rotatable bonds is 8. The summed E-state index contributed by atoms with van der Waals surface area (Å²) < 4.78 is 5.31. The molecule has 0 aromatic heterocycles. The first-order valence-corrected chi connectivity index (χ1v) is 8.47. The van der Waals surface area contributed by atoms with E-state index in [0.29, 0.717) is 43.7 Å². The normalized spacial score (nSPS) is 26.6. The molecule has 2 aliphatic rings. The summed E-state index contributed by atoms with van der Waals surface area (Å²) in [7, 11) is 0. The van der Waals surface area contributed by atoms with Gasteiger partial charge in [0.1, 0.15) is 0 Å². The smallest absolute Gasteiger partial charge is 0.532 e. The van der Waals surface area contributed by atoms with Gasteiger partial charge < -0.3 is 20.9 Å². The first-order valence-electron chi connectivity index (χ1n) is 8.47. The summed E-state index contributed by atoms with van der Waals surface area (Å²) in [5, 5.41) is 9.58. The molecule has 6 nitrogen and oxygen atoms in total. The number of carbonyl (C=O) groups is 2. The van der Waals surface area contributed by atoms with Crippen LogP contribution in [0.1, 0.15) is 44.9 Å². The molecule has 0 radical (unpaired) electrons. The minimum absolute atomic E-state index is 0.374. The molecule has 3 atom stereocenters. The third kappa shape index (κ3) is 5.76. The number of alkyl carbamates (subject to hydrolysis) is 1. The molecule has 0 spiro atoms. The highest BCUT2D eigenvalue weighted by atomic mass is 16.5. The number of hydrogen-bond donors (Lipinski definition) is 2. The number of amides is 1. The van der Waals surface area contributed by atoms with Crippen LogP contribution in [0.5, 0.6) is 0 Å². The summed E-state index contributed by atoms with van der Waals surface area (Å²) in [6.07, 6.45) is 5.72. The van der Waals surface area contributed by atoms with Crippen LogP contribution < -0.4 is 11.1 Å². The van der Waals surface area contributed by atoms with Gasteiger partial charge in [0.2, 0.25) is 0 Å². The largest absolute Gasteiger partial charge is 0.564 e. The Morgan fingerprint density at radius 1 is 1.22 bits per heavy atom. The predicted molar refractivity (Wildman–Crippen MR) is 86.5 cm³/mol. The van der Waals surface area contributed by atoms with Crippen LogP contribution in [0.4, 0.5) is 4.79 Å². The molecule has 0 saturated heterocycles. The molecule has 0 heterocycles. The van der Waals surface area contributed by atoms with E-state index in [9.17, 15) is 9.59 Å². The number of ether oxygens (including phenoxy) is 1. The molecule has 0 aliphatic heterocycles. The zero-order chi connectivity index (χ0) is 16.7. The van der Waals surface area contributed by atoms with Crippen LogP contribution in [0.25, 0.3) is 0 Å². The summed E-state index contributed by atoms with van der Waals surface area (Å²) in [6, 6.07) is -0.711. The Morgan fingerprint density at radius 2 is 1.87 bits per heavy atom. The molecule has 0 aromatic rings. The van der Waals surface area contributed by atoms with Crippen LogP contribution in [0, 0.1) is 29.6 Å². The van der Waals surface area contributed by atoms with Crippen LogP contribution in [-0.4, -0.2) is 36.4 Å². The number of fused-ring (bicyclic) bond motifs is 1. The van der Waals surface area contributed by atoms with Crippen molar-refractivity contribution in [3.05, 3.63) is 0 Å². The van der Waals surface area contributed by atoms with Crippen LogP contribution in [0.3, 0.4) is 0 Å². The maximum absolute atomic E-state index is 11.7. The zero-order valence-electron chi connectivity index (χ0n) is 13.5. The molecule has 128 valence electrons. The van der Waals surface area contributed by atoms with Gasteiger partial charge in [-0.25, -0.2) is 4.79 Å². The maximum atomic E-state index is 11.7. The molecule has 2 rings (SSSR count). The highest BCUT2D eigenvalue weighted by Crippen LogP contribution is 2.52. The fourth-order valence-corrected chi connectivity index (χ4v) is 3.32. The van der Waals surface area contributed by atoms with Gasteiger partial charge in [-0.2, -0.15) is 0 Å². The molecule has 2 aliphatic carbocycles. The summed E-state index contributed by atoms with van der Waals surface area (Å²) in [4.78, 5) is 22.3. The molecule has 23 heavy (non-hydrogen) atoms. The van der Waals surface area contributed by atoms with Gasteiger partial charge in [-0.05, 0) is 49.9 Å². The van der Waals surface area contributed by atoms with Crippen molar-refractivity contribution in [2.75, 3.05) is 13.2 Å². The standard InChI is InChI=1S/C17H26N2O4/c18-15(16(20)21)9-5-6-10-19-17(22)23-11-14-12-7-3-1-2-4-8-13(12)14/h12-15H,3-11,18H2,(H,19,22)(H,20,21)/p+1. The van der Waals surface area contributed by atoms with E-state index in [2.05, 4.69) is 17.2 Å². The molecule has 1 amide bonds. The van der Waals surface area contributed by atoms with Gasteiger partial charge in [-0.15, -0.1) is 11.8 Å². The van der Waals surface area contributed by atoms with Crippen molar-refractivity contribution >= 4 is 12.1 Å². The van der Waals surface area contributed by atoms with E-state index in [1.165, 1.54) is 0 Å². The molecule has 5 N–H and O–H groups in total. The van der Waals surface area contributed by atoms with Gasteiger partial charge in [0.25, 0.3) is 0 Å². The van der Waals surface area contributed by atoms with Gasteiger partial charge in [0.15, 0.2) is 6.04 Å². The first kappa shape index (κ1) is 17.6. The van der Waals surface area contributed by atoms with Gasteiger partial charge in [-0.3, -0.25) is 0 Å². The van der Waals surface area contributed by atoms with Crippen LogP contribution in [-0.2, 0) is 9.53 Å². The van der Waals surface area contributed by atoms with E-state index in [-0.39, 0.29) is 6.09 Å². The first-order chi connectivity index (χ1) is 11.1. The fraction of sp³-hybridized carbons (Fsp3) is 0.765. The third-order valence-corrected chi connectivity index (χ3v) is 4.79. The van der Waals surface area contributed by atoms with E-state index < -0.39 is 12.0 Å². The summed E-state index contributed by atoms with van der Waals surface area (Å²) >= 11 is 0. The van der Waals surface area contributed by atoms with Crippen LogP contribution in [0.2, 0.25) is 0 Å². The quantitative estimate of drug-likeness (QED) is 0.393. The predicted octanol–water partition coefficient (Wildman–Crippen LogP) is 0.901. The van der Waals surface area contributed by atoms with Crippen molar-refractivity contribution in [1.82, 2.24) is 5.32 Å². The van der Waals surface area contributed by atoms with Crippen molar-refractivity contribution in [3.8, 4) is 11.8 Å². The van der Waals surface area contributed by atoms with Gasteiger partial charge in [0, 0.05) is 24.2 Å². The summed E-state index contributed by atoms with van der Waals surface area (Å²) in [5.41, 5.74) is 5.47. The van der Waals surface area contributed by atoms with Crippen molar-refractivity contribution in [1.29, 1.82) is 0 Å². The van der Waals surface area contributed by atoms with Crippen molar-refractivity contribution < 1.29 is 19.4 Å². The van der Waals surface area contributed by atoms with E-state index >= 15 is 0 Å². The molecule has 1 saturated carbocycles. The minimum atomic E-state index is -0.736. The lowest BCUT2D eigenvalue weighted by atomic mass is 10.1. The lowest BCUT2D eigenvalue weighted by Crippen LogP contribution is -2.30. The van der Waals surface area contributed by atoms with Crippen LogP contribution >= 0.6 is 0 Å². The third-order valence-electron chi connectivity index (χ3n) is 4.79. The fourth-order valence-electron chi connectivity index (χ4n) is 3.32. The number of nitrogens with one attached hydrogen (secondary N) is 1. The molecule has 0 bridgehead atoms. The van der Waals surface area contributed by atoms with Crippen molar-refractivity contribution in [2.24, 2.45) is 23.5 Å². The number of hydrogen-bond acceptors (Lipinski definition) is 4. The lowest BCUT2D eigenvalue weighted by Gasteiger charge is -2.07. The summed E-state index contributed by atoms with van der Waals surface area (Å²) in [6.45, 7) is 1.00. The minimum Gasteiger partial charge on any atom is -0.564 e. The molecule has 0 aromatic carbocycles. The van der Waals surface area contributed by atoms with Gasteiger partial charge >= 0.3 is 12.1 Å². The average molecular weight is 323 g/mol. The molecular weight excluding hydrogens is 296 g/mol. The zero-order valence-corrected chi connectivity index (χ0v) is 13.5. The number of nitrogens with two attached hydrogens (primary N) is 1. The molecule has 6 heteroatoms. The Bertz CT molecular complexity index is 465. The maximum Gasteiger partial charge on any atom is 0.532 e. The van der Waals surface area contributed by atoms with Gasteiger partial charge in [-0.1, -0.05) is 0 Å². The van der Waals surface area contributed by atoms with E-state index in [4.69, 9.17) is 15.6 Å². The SMILES string of the molecule is NC(CCCCNC(=O)OCC1C2CCC#CCCC21)C(=O)[OH2+]. The second-order valence-corrected chi connectivity index (χ2v) is 6.41. The Labute approximate surface area is 137 Å². The van der Waals surface area contributed by atoms with Crippen molar-refractivity contribution in [3.63, 3.8) is 0 Å². The average Bonchev–Trinajstić information content (AvgIpc) is 3.14. The Morgan fingerprint density at radius 3 is 2.48 bits per heavy atom. The highest BCUT2D eigenvalue weighted by Gasteiger charge is 2.49. The molecule has 3 unspecified atom stereocenters. The van der Waals surface area contributed by atoms with Crippen LogP contribution in [0.15, 0.2) is 0 Å². The molecule has 1 fully saturated rings. The Hall–Kier alpha value is -1.74. The van der Waals surface area contributed by atoms with E-state index in [1.54, 1.807) is 0 Å². The highest BCUT2D eigenvalue weighted by molar-refractivity contribution is 5.72. The Kier molecular flexibility index (Phi) is 6.72. The van der Waals surface area contributed by atoms with Gasteiger partial charge in [0.05, 0.1) is 6.61 Å².